The summed E-state index contributed by atoms with van der Waals surface area (Å²) in [6, 6.07) is 0. The van der Waals surface area contributed by atoms with E-state index in [0.29, 0.717) is 0 Å². The summed E-state index contributed by atoms with van der Waals surface area (Å²) in [6.45, 7) is 0. The topological polar surface area (TPSA) is 61.2 Å². The van der Waals surface area contributed by atoms with Gasteiger partial charge in [0.25, 0.3) is 0 Å². The van der Waals surface area contributed by atoms with E-state index in [-0.39, 0.29) is 0 Å². The predicted octanol–water partition coefficient (Wildman–Crippen LogP) is -0.729. The van der Waals surface area contributed by atoms with Gasteiger partial charge in [-0.1, -0.05) is 0 Å². The minimum absolute atomic E-state index is 0.965. The van der Waals surface area contributed by atoms with Crippen LogP contribution in [0.1, 0.15) is 0 Å². The van der Waals surface area contributed by atoms with Crippen molar-refractivity contribution in [1.29, 1.82) is 0 Å². The first-order valence-corrected chi connectivity index (χ1v) is 4.27. The Labute approximate surface area is 58.3 Å². The second kappa shape index (κ2) is 2.30. The van der Waals surface area contributed by atoms with Crippen LogP contribution in [0, 0.1) is 0 Å². The number of nitrogens with zero attached hydrogens (tertiary/aromatic N) is 2. The molecule has 0 N–H and O–H groups in total. The summed E-state index contributed by atoms with van der Waals surface area (Å²) >= 11 is 0. The Bertz CT molecular complexity index is 288. The quantitative estimate of drug-likeness (QED) is 0.575. The van der Waals surface area contributed by atoms with Gasteiger partial charge >= 0.3 is 10.1 Å². The highest BCUT2D eigenvalue weighted by atomic mass is 32.2. The molecule has 0 aromatic carbocycles. The van der Waals surface area contributed by atoms with E-state index in [4.69, 9.17) is 0 Å². The van der Waals surface area contributed by atoms with Gasteiger partial charge in [0.15, 0.2) is 0 Å². The Hall–Kier alpha value is -1.04. The van der Waals surface area contributed by atoms with E-state index in [1.54, 1.807) is 0 Å². The van der Waals surface area contributed by atoms with Crippen LogP contribution in [0.15, 0.2) is 18.7 Å². The first-order chi connectivity index (χ1) is 4.58. The summed E-state index contributed by atoms with van der Waals surface area (Å²) in [5.74, 6) is 0. The lowest BCUT2D eigenvalue weighted by atomic mass is 11.0. The maximum atomic E-state index is 10.4. The van der Waals surface area contributed by atoms with Crippen LogP contribution in [0.4, 0.5) is 0 Å². The Morgan fingerprint density at radius 3 is 2.70 bits per heavy atom. The molecule has 0 aliphatic carbocycles. The molecule has 0 amide bonds. The molecule has 0 saturated heterocycles. The molecule has 1 rings (SSSR count). The maximum Gasteiger partial charge on any atom is 0.324 e. The number of aromatic nitrogens is 2. The normalized spacial score (nSPS) is 11.3. The molecule has 10 heavy (non-hydrogen) atoms. The highest BCUT2D eigenvalue weighted by Crippen LogP contribution is 1.84. The van der Waals surface area contributed by atoms with E-state index < -0.39 is 10.1 Å². The molecule has 5 nitrogen and oxygen atoms in total. The summed E-state index contributed by atoms with van der Waals surface area (Å²) in [5.41, 5.74) is 0. The fraction of sp³-hybridized carbons (Fsp3) is 0.250. The van der Waals surface area contributed by atoms with Gasteiger partial charge < -0.3 is 0 Å². The van der Waals surface area contributed by atoms with Crippen molar-refractivity contribution in [2.24, 2.45) is 0 Å². The third-order valence-corrected chi connectivity index (χ3v) is 1.14. The van der Waals surface area contributed by atoms with Crippen molar-refractivity contribution < 1.29 is 12.7 Å². The second-order valence-electron chi connectivity index (χ2n) is 1.70. The minimum Gasteiger partial charge on any atom is -0.287 e. The van der Waals surface area contributed by atoms with E-state index in [2.05, 4.69) is 9.27 Å². The zero-order chi connectivity index (χ0) is 7.61. The molecule has 1 aromatic rings. The molecule has 1 heterocycles. The molecule has 1 aromatic heterocycles. The summed E-state index contributed by atoms with van der Waals surface area (Å²) < 4.78 is 26.2. The lowest BCUT2D eigenvalue weighted by molar-refractivity contribution is 0.281. The van der Waals surface area contributed by atoms with E-state index in [1.165, 1.54) is 18.7 Å². The van der Waals surface area contributed by atoms with Gasteiger partial charge in [-0.2, -0.15) is 13.1 Å². The van der Waals surface area contributed by atoms with Gasteiger partial charge in [-0.3, -0.25) is 4.28 Å². The molecule has 0 aliphatic rings. The molecule has 6 heteroatoms. The highest BCUT2D eigenvalue weighted by Gasteiger charge is 2.00. The van der Waals surface area contributed by atoms with Crippen molar-refractivity contribution in [2.45, 2.75) is 0 Å². The van der Waals surface area contributed by atoms with Crippen molar-refractivity contribution in [3.63, 3.8) is 0 Å². The fourth-order valence-corrected chi connectivity index (χ4v) is 0.848. The van der Waals surface area contributed by atoms with E-state index >= 15 is 0 Å². The van der Waals surface area contributed by atoms with Crippen LogP contribution in [0.25, 0.3) is 0 Å². The van der Waals surface area contributed by atoms with E-state index in [9.17, 15) is 8.42 Å². The van der Waals surface area contributed by atoms with Crippen molar-refractivity contribution in [2.75, 3.05) is 6.26 Å². The zero-order valence-electron chi connectivity index (χ0n) is 5.26. The Morgan fingerprint density at radius 1 is 1.60 bits per heavy atom. The Kier molecular flexibility index (Phi) is 1.62. The summed E-state index contributed by atoms with van der Waals surface area (Å²) in [6.07, 6.45) is 5.03. The molecule has 0 saturated carbocycles. The molecule has 0 aliphatic heterocycles. The van der Waals surface area contributed by atoms with Crippen molar-refractivity contribution in [3.8, 4) is 0 Å². The van der Waals surface area contributed by atoms with Gasteiger partial charge in [-0.05, 0) is 0 Å². The molecule has 56 valence electrons. The number of imidazole rings is 1. The van der Waals surface area contributed by atoms with Crippen LogP contribution in [0.5, 0.6) is 0 Å². The van der Waals surface area contributed by atoms with Gasteiger partial charge in [0.05, 0.1) is 12.5 Å². The molecule has 0 unspecified atom stereocenters. The van der Waals surface area contributed by atoms with Crippen LogP contribution in [-0.4, -0.2) is 24.4 Å². The SMILES string of the molecule is CS(=O)(=O)On1ccnc1. The summed E-state index contributed by atoms with van der Waals surface area (Å²) in [4.78, 5) is 3.58. The van der Waals surface area contributed by atoms with Crippen molar-refractivity contribution >= 4 is 10.1 Å². The van der Waals surface area contributed by atoms with Crippen molar-refractivity contribution in [1.82, 2.24) is 9.71 Å². The largest absolute Gasteiger partial charge is 0.324 e. The van der Waals surface area contributed by atoms with Gasteiger partial charge in [-0.15, -0.1) is 0 Å². The lowest BCUT2D eigenvalue weighted by Crippen LogP contribution is -2.16. The maximum absolute atomic E-state index is 10.4. The monoisotopic (exact) mass is 162 g/mol. The van der Waals surface area contributed by atoms with Gasteiger partial charge in [-0.25, -0.2) is 4.98 Å². The summed E-state index contributed by atoms with van der Waals surface area (Å²) in [7, 11) is -3.42. The Balaban J connectivity index is 2.75. The molecule has 0 fully saturated rings. The van der Waals surface area contributed by atoms with Gasteiger partial charge in [0.2, 0.25) is 0 Å². The van der Waals surface area contributed by atoms with Crippen LogP contribution in [-0.2, 0) is 10.1 Å². The average Bonchev–Trinajstić information content (AvgIpc) is 2.12. The third kappa shape index (κ3) is 2.06. The highest BCUT2D eigenvalue weighted by molar-refractivity contribution is 7.86. The van der Waals surface area contributed by atoms with Crippen molar-refractivity contribution in [3.05, 3.63) is 18.7 Å². The average molecular weight is 162 g/mol. The fourth-order valence-electron chi connectivity index (χ4n) is 0.447. The summed E-state index contributed by atoms with van der Waals surface area (Å²) in [5, 5.41) is 0. The van der Waals surface area contributed by atoms with Crippen LogP contribution in [0.3, 0.4) is 0 Å². The molecule has 0 radical (unpaired) electrons. The van der Waals surface area contributed by atoms with Gasteiger partial charge in [0, 0.05) is 6.20 Å². The smallest absolute Gasteiger partial charge is 0.287 e. The molecule has 0 spiro atoms. The second-order valence-corrected chi connectivity index (χ2v) is 3.26. The minimum atomic E-state index is -3.42. The predicted molar refractivity (Wildman–Crippen MR) is 33.7 cm³/mol. The number of hydrogen-bond donors (Lipinski definition) is 0. The third-order valence-electron chi connectivity index (χ3n) is 0.702. The number of rotatable bonds is 2. The molecular weight excluding hydrogens is 156 g/mol. The zero-order valence-corrected chi connectivity index (χ0v) is 6.08. The van der Waals surface area contributed by atoms with Crippen LogP contribution < -0.4 is 4.28 Å². The Morgan fingerprint density at radius 2 is 2.30 bits per heavy atom. The molecule has 0 bridgehead atoms. The molecule has 0 atom stereocenters. The lowest BCUT2D eigenvalue weighted by Gasteiger charge is -1.98. The van der Waals surface area contributed by atoms with Crippen LogP contribution >= 0.6 is 0 Å². The molecular formula is C4H6N2O3S. The number of hydrogen-bond acceptors (Lipinski definition) is 4. The van der Waals surface area contributed by atoms with E-state index in [1.807, 2.05) is 0 Å². The van der Waals surface area contributed by atoms with Crippen LogP contribution in [0.2, 0.25) is 0 Å². The standard InChI is InChI=1S/C4H6N2O3S/c1-10(7,8)9-6-3-2-5-4-6/h2-4H,1H3. The first kappa shape index (κ1) is 7.07. The van der Waals surface area contributed by atoms with E-state index in [0.717, 1.165) is 11.0 Å². The van der Waals surface area contributed by atoms with Gasteiger partial charge in [0.1, 0.15) is 6.33 Å². The first-order valence-electron chi connectivity index (χ1n) is 2.46.